The van der Waals surface area contributed by atoms with Gasteiger partial charge in [0.1, 0.15) is 0 Å². The van der Waals surface area contributed by atoms with E-state index in [9.17, 15) is 0 Å². The van der Waals surface area contributed by atoms with Gasteiger partial charge in [-0.2, -0.15) is 0 Å². The minimum Gasteiger partial charge on any atom is -0.486 e. The van der Waals surface area contributed by atoms with Gasteiger partial charge in [0.15, 0.2) is 0 Å². The smallest absolute Gasteiger partial charge is 0.216 e. The van der Waals surface area contributed by atoms with Crippen LogP contribution in [0.4, 0.5) is 0 Å². The van der Waals surface area contributed by atoms with Crippen molar-refractivity contribution < 1.29 is 24.5 Å². The molecule has 62 heavy (non-hydrogen) atoms. The topological polar surface area (TPSA) is 69.6 Å². The Kier molecular flexibility index (Phi) is 13.2. The summed E-state index contributed by atoms with van der Waals surface area (Å²) >= 11 is 0. The molecule has 5 heterocycles. The van der Waals surface area contributed by atoms with Crippen molar-refractivity contribution in [2.45, 2.75) is 99.2 Å². The zero-order valence-electron chi connectivity index (χ0n) is 37.9. The Morgan fingerprint density at radius 2 is 1.50 bits per heavy atom. The largest absolute Gasteiger partial charge is 0.486 e. The van der Waals surface area contributed by atoms with E-state index < -0.39 is 8.07 Å². The molecule has 0 aliphatic carbocycles. The molecule has 0 spiro atoms. The summed E-state index contributed by atoms with van der Waals surface area (Å²) in [6.07, 6.45) is 6.93. The summed E-state index contributed by atoms with van der Waals surface area (Å²) < 4.78 is 8.85. The second-order valence-electron chi connectivity index (χ2n) is 18.7. The monoisotopic (exact) mass is 1010 g/mol. The van der Waals surface area contributed by atoms with Gasteiger partial charge in [0.2, 0.25) is 5.71 Å². The minimum absolute atomic E-state index is 0. The number of benzene rings is 4. The van der Waals surface area contributed by atoms with E-state index in [2.05, 4.69) is 175 Å². The normalized spacial score (nSPS) is 12.0. The average molecular weight is 1010 g/mol. The number of rotatable bonds is 9. The molecule has 0 fully saturated rings. The van der Waals surface area contributed by atoms with Gasteiger partial charge < -0.3 is 14.0 Å². The van der Waals surface area contributed by atoms with Gasteiger partial charge in [0.25, 0.3) is 0 Å². The van der Waals surface area contributed by atoms with Crippen molar-refractivity contribution in [2.24, 2.45) is 5.92 Å². The maximum absolute atomic E-state index is 6.53. The third-order valence-corrected chi connectivity index (χ3v) is 13.6. The average Bonchev–Trinajstić information content (AvgIpc) is 3.81. The quantitative estimate of drug-likeness (QED) is 0.106. The molecule has 0 bridgehead atoms. The van der Waals surface area contributed by atoms with Gasteiger partial charge in [-0.1, -0.05) is 122 Å². The van der Waals surface area contributed by atoms with Crippen LogP contribution in [0.2, 0.25) is 19.6 Å². The predicted octanol–water partition coefficient (Wildman–Crippen LogP) is 14.0. The molecular weight excluding hydrogens is 955 g/mol. The summed E-state index contributed by atoms with van der Waals surface area (Å²) in [7, 11) is -1.34. The summed E-state index contributed by atoms with van der Waals surface area (Å²) in [4.78, 5) is 19.2. The van der Waals surface area contributed by atoms with Crippen molar-refractivity contribution in [1.82, 2.24) is 24.5 Å². The zero-order valence-corrected chi connectivity index (χ0v) is 41.3. The standard InChI is InChI=1S/C36H33N4O.C18H24NSi.Ir/c1-20(2)28-18-23-10-7-8-11-24(23)32(22(5)6)33(28)40-31-16-17-37-19-30(31)38-35(40)27-13-9-12-25-26-14-15-29(21(3)4)39-36(26)41-34(25)27;1-14(2)11-16-12-17(15-9-7-6-8-10-15)19-13-18(16)20(3,4)5;/h7-12,14-22H,1-6H3;6-9,12-14H,11H2,1-5H3;/q2*-1;. The van der Waals surface area contributed by atoms with Crippen LogP contribution in [0.5, 0.6) is 0 Å². The molecule has 1 radical (unpaired) electrons. The van der Waals surface area contributed by atoms with Gasteiger partial charge in [0.05, 0.1) is 36.7 Å². The zero-order chi connectivity index (χ0) is 43.2. The first-order chi connectivity index (χ1) is 29.2. The Hall–Kier alpha value is -5.27. The van der Waals surface area contributed by atoms with Crippen LogP contribution in [0.3, 0.4) is 0 Å². The molecule has 0 unspecified atom stereocenters. The number of hydrogen-bond donors (Lipinski definition) is 0. The minimum atomic E-state index is -1.34. The van der Waals surface area contributed by atoms with Crippen LogP contribution < -0.4 is 5.19 Å². The summed E-state index contributed by atoms with van der Waals surface area (Å²) in [5.41, 5.74) is 12.4. The summed E-state index contributed by atoms with van der Waals surface area (Å²) in [6.45, 7) is 25.1. The maximum Gasteiger partial charge on any atom is 0.216 e. The van der Waals surface area contributed by atoms with Crippen molar-refractivity contribution in [3.05, 3.63) is 144 Å². The van der Waals surface area contributed by atoms with Crippen molar-refractivity contribution >= 4 is 57.1 Å². The fourth-order valence-electron chi connectivity index (χ4n) is 8.59. The van der Waals surface area contributed by atoms with Gasteiger partial charge in [-0.05, 0) is 87.1 Å². The van der Waals surface area contributed by atoms with Crippen LogP contribution in [0.1, 0.15) is 95.5 Å². The van der Waals surface area contributed by atoms with Gasteiger partial charge in [0, 0.05) is 49.3 Å². The Morgan fingerprint density at radius 3 is 2.19 bits per heavy atom. The Bertz CT molecular complexity index is 3010. The number of hydrogen-bond acceptors (Lipinski definition) is 5. The number of fused-ring (bicyclic) bond motifs is 5. The van der Waals surface area contributed by atoms with Crippen LogP contribution in [0, 0.1) is 18.1 Å². The molecule has 5 aromatic heterocycles. The van der Waals surface area contributed by atoms with Crippen molar-refractivity contribution in [3.8, 4) is 28.3 Å². The predicted molar refractivity (Wildman–Crippen MR) is 258 cm³/mol. The van der Waals surface area contributed by atoms with Crippen LogP contribution >= 0.6 is 0 Å². The molecule has 0 saturated carbocycles. The molecule has 319 valence electrons. The van der Waals surface area contributed by atoms with Crippen molar-refractivity contribution in [1.29, 1.82) is 0 Å². The van der Waals surface area contributed by atoms with Gasteiger partial charge in [-0.3, -0.25) is 9.97 Å². The first-order valence-corrected chi connectivity index (χ1v) is 25.3. The number of pyridine rings is 3. The third kappa shape index (κ3) is 8.70. The summed E-state index contributed by atoms with van der Waals surface area (Å²) in [5, 5.41) is 6.03. The van der Waals surface area contributed by atoms with Gasteiger partial charge in [-0.25, -0.2) is 4.98 Å². The molecule has 0 aliphatic rings. The van der Waals surface area contributed by atoms with Gasteiger partial charge >= 0.3 is 0 Å². The first-order valence-electron chi connectivity index (χ1n) is 21.8. The van der Waals surface area contributed by atoms with Crippen molar-refractivity contribution in [2.75, 3.05) is 0 Å². The first kappa shape index (κ1) is 44.8. The summed E-state index contributed by atoms with van der Waals surface area (Å²) in [6, 6.07) is 38.5. The number of furan rings is 1. The second-order valence-corrected chi connectivity index (χ2v) is 23.7. The molecule has 6 nitrogen and oxygen atoms in total. The number of nitrogens with zero attached hydrogens (tertiary/aromatic N) is 5. The Labute approximate surface area is 381 Å². The molecule has 9 rings (SSSR count). The van der Waals surface area contributed by atoms with Gasteiger partial charge in [-0.15, -0.1) is 54.1 Å². The molecule has 0 atom stereocenters. The van der Waals surface area contributed by atoms with Crippen LogP contribution in [-0.4, -0.2) is 32.6 Å². The maximum atomic E-state index is 6.53. The molecule has 0 aliphatic heterocycles. The van der Waals surface area contributed by atoms with E-state index in [4.69, 9.17) is 14.4 Å². The van der Waals surface area contributed by atoms with E-state index in [1.807, 2.05) is 36.7 Å². The van der Waals surface area contributed by atoms with E-state index >= 15 is 0 Å². The van der Waals surface area contributed by atoms with E-state index in [1.165, 1.54) is 38.3 Å². The van der Waals surface area contributed by atoms with Crippen LogP contribution in [0.25, 0.3) is 72.2 Å². The summed E-state index contributed by atoms with van der Waals surface area (Å²) in [5.74, 6) is 2.35. The van der Waals surface area contributed by atoms with E-state index in [0.717, 1.165) is 62.1 Å². The Morgan fingerprint density at radius 1 is 0.726 bits per heavy atom. The molecule has 4 aromatic carbocycles. The Balaban J connectivity index is 0.000000233. The number of imidazole rings is 1. The second kappa shape index (κ2) is 18.2. The van der Waals surface area contributed by atoms with Crippen LogP contribution in [0.15, 0.2) is 114 Å². The van der Waals surface area contributed by atoms with E-state index in [1.54, 1.807) is 0 Å². The number of aromatic nitrogens is 5. The fraction of sp³-hybridized carbons (Fsp3) is 0.296. The SMILES string of the molecule is CC(C)Cc1cc(-c2[c-]cccc2)ncc1[Si](C)(C)C.CC(C)c1ccc2c(n1)oc1c(-c3nc4cnccc4n3-c3c(C(C)C)cc4ccccc4c3C(C)C)[c-]ccc12.[Ir]. The molecule has 0 N–H and O–H groups in total. The van der Waals surface area contributed by atoms with E-state index in [-0.39, 0.29) is 26.0 Å². The van der Waals surface area contributed by atoms with Crippen LogP contribution in [-0.2, 0) is 26.5 Å². The third-order valence-electron chi connectivity index (χ3n) is 11.5. The van der Waals surface area contributed by atoms with Crippen molar-refractivity contribution in [3.63, 3.8) is 0 Å². The molecular formula is C54H57IrN5OSi-2. The van der Waals surface area contributed by atoms with E-state index in [0.29, 0.717) is 23.5 Å². The molecule has 9 aromatic rings. The molecule has 8 heteroatoms. The fourth-order valence-corrected chi connectivity index (χ4v) is 10.2. The molecule has 0 amide bonds. The molecule has 0 saturated heterocycles.